The first kappa shape index (κ1) is 14.9. The number of hydrogen-bond acceptors (Lipinski definition) is 4. The minimum absolute atomic E-state index is 0.144. The molecule has 0 aliphatic heterocycles. The van der Waals surface area contributed by atoms with Crippen molar-refractivity contribution in [3.05, 3.63) is 23.5 Å². The minimum atomic E-state index is -1.04. The Morgan fingerprint density at radius 3 is 2.74 bits per heavy atom. The average molecular weight is 267 g/mol. The largest absolute Gasteiger partial charge is 0.480 e. The molecule has 3 N–H and O–H groups in total. The van der Waals surface area contributed by atoms with Crippen molar-refractivity contribution in [2.24, 2.45) is 0 Å². The van der Waals surface area contributed by atoms with Crippen LogP contribution in [-0.4, -0.2) is 41.8 Å². The number of rotatable bonds is 6. The first-order valence-corrected chi connectivity index (χ1v) is 5.77. The number of aryl methyl sites for hydroxylation is 2. The van der Waals surface area contributed by atoms with Gasteiger partial charge in [0.1, 0.15) is 6.61 Å². The van der Waals surface area contributed by atoms with Crippen LogP contribution in [0.3, 0.4) is 0 Å². The standard InChI is InChI=1S/C12H17N3O4/c1-8-3-4-10(9(2)14-8)15-12(18)13-5-6-19-7-11(16)17/h3-4H,5-7H2,1-2H3,(H,16,17)(H2,13,15,18). The Morgan fingerprint density at radius 1 is 1.37 bits per heavy atom. The Bertz CT molecular complexity index is 462. The quantitative estimate of drug-likeness (QED) is 0.665. The number of hydrogen-bond donors (Lipinski definition) is 3. The molecule has 0 radical (unpaired) electrons. The van der Waals surface area contributed by atoms with Crippen molar-refractivity contribution in [3.8, 4) is 0 Å². The van der Waals surface area contributed by atoms with Gasteiger partial charge in [0.2, 0.25) is 0 Å². The second-order valence-corrected chi connectivity index (χ2v) is 3.91. The molecule has 7 heteroatoms. The van der Waals surface area contributed by atoms with Gasteiger partial charge >= 0.3 is 12.0 Å². The third kappa shape index (κ3) is 5.82. The van der Waals surface area contributed by atoms with E-state index in [9.17, 15) is 9.59 Å². The van der Waals surface area contributed by atoms with Gasteiger partial charge in [0.25, 0.3) is 0 Å². The van der Waals surface area contributed by atoms with Gasteiger partial charge in [-0.1, -0.05) is 0 Å². The van der Waals surface area contributed by atoms with Crippen molar-refractivity contribution in [2.75, 3.05) is 25.1 Å². The van der Waals surface area contributed by atoms with E-state index in [-0.39, 0.29) is 25.8 Å². The van der Waals surface area contributed by atoms with Crippen LogP contribution in [0.1, 0.15) is 11.4 Å². The summed E-state index contributed by atoms with van der Waals surface area (Å²) in [7, 11) is 0. The van der Waals surface area contributed by atoms with Crippen molar-refractivity contribution in [1.82, 2.24) is 10.3 Å². The zero-order valence-corrected chi connectivity index (χ0v) is 10.9. The lowest BCUT2D eigenvalue weighted by molar-refractivity contribution is -0.142. The fraction of sp³-hybridized carbons (Fsp3) is 0.417. The number of urea groups is 1. The predicted octanol–water partition coefficient (Wildman–Crippen LogP) is 0.921. The zero-order chi connectivity index (χ0) is 14.3. The van der Waals surface area contributed by atoms with E-state index in [1.165, 1.54) is 0 Å². The number of pyridine rings is 1. The topological polar surface area (TPSA) is 101 Å². The first-order chi connectivity index (χ1) is 8.99. The molecule has 104 valence electrons. The van der Waals surface area contributed by atoms with Crippen LogP contribution in [0.25, 0.3) is 0 Å². The van der Waals surface area contributed by atoms with E-state index in [2.05, 4.69) is 15.6 Å². The molecule has 0 saturated heterocycles. The van der Waals surface area contributed by atoms with Crippen molar-refractivity contribution in [1.29, 1.82) is 0 Å². The first-order valence-electron chi connectivity index (χ1n) is 5.77. The molecule has 1 rings (SSSR count). The molecule has 0 aliphatic carbocycles. The number of nitrogens with zero attached hydrogens (tertiary/aromatic N) is 1. The molecule has 0 fully saturated rings. The van der Waals surface area contributed by atoms with E-state index in [4.69, 9.17) is 9.84 Å². The highest BCUT2D eigenvalue weighted by Gasteiger charge is 2.05. The van der Waals surface area contributed by atoms with Gasteiger partial charge in [-0.25, -0.2) is 9.59 Å². The maximum absolute atomic E-state index is 11.5. The number of ether oxygens (including phenoxy) is 1. The fourth-order valence-electron chi connectivity index (χ4n) is 1.38. The Balaban J connectivity index is 2.29. The highest BCUT2D eigenvalue weighted by molar-refractivity contribution is 5.89. The molecule has 7 nitrogen and oxygen atoms in total. The summed E-state index contributed by atoms with van der Waals surface area (Å²) < 4.78 is 4.78. The zero-order valence-electron chi connectivity index (χ0n) is 10.9. The SMILES string of the molecule is Cc1ccc(NC(=O)NCCOCC(=O)O)c(C)n1. The molecule has 1 aromatic rings. The van der Waals surface area contributed by atoms with Gasteiger partial charge in [-0.2, -0.15) is 0 Å². The van der Waals surface area contributed by atoms with Crippen molar-refractivity contribution >= 4 is 17.7 Å². The van der Waals surface area contributed by atoms with Crippen LogP contribution >= 0.6 is 0 Å². The fourth-order valence-corrected chi connectivity index (χ4v) is 1.38. The number of carbonyl (C=O) groups is 2. The van der Waals surface area contributed by atoms with Gasteiger partial charge in [0, 0.05) is 12.2 Å². The van der Waals surface area contributed by atoms with Gasteiger partial charge in [-0.15, -0.1) is 0 Å². The van der Waals surface area contributed by atoms with Crippen LogP contribution < -0.4 is 10.6 Å². The lowest BCUT2D eigenvalue weighted by atomic mass is 10.3. The van der Waals surface area contributed by atoms with Gasteiger partial charge in [0.05, 0.1) is 18.0 Å². The Labute approximate surface area is 111 Å². The maximum atomic E-state index is 11.5. The molecule has 0 saturated carbocycles. The van der Waals surface area contributed by atoms with Crippen LogP contribution in [0.15, 0.2) is 12.1 Å². The monoisotopic (exact) mass is 267 g/mol. The Morgan fingerprint density at radius 2 is 2.11 bits per heavy atom. The van der Waals surface area contributed by atoms with Crippen LogP contribution in [0.2, 0.25) is 0 Å². The van der Waals surface area contributed by atoms with Crippen LogP contribution in [0.5, 0.6) is 0 Å². The number of amides is 2. The summed E-state index contributed by atoms with van der Waals surface area (Å²) >= 11 is 0. The van der Waals surface area contributed by atoms with Gasteiger partial charge in [0.15, 0.2) is 0 Å². The molecule has 2 amide bonds. The summed E-state index contributed by atoms with van der Waals surface area (Å²) in [5.74, 6) is -1.04. The van der Waals surface area contributed by atoms with E-state index < -0.39 is 5.97 Å². The van der Waals surface area contributed by atoms with Gasteiger partial charge in [-0.3, -0.25) is 4.98 Å². The molecule has 0 bridgehead atoms. The van der Waals surface area contributed by atoms with E-state index >= 15 is 0 Å². The number of carboxylic acid groups (broad SMARTS) is 1. The van der Waals surface area contributed by atoms with Crippen molar-refractivity contribution in [2.45, 2.75) is 13.8 Å². The summed E-state index contributed by atoms with van der Waals surface area (Å²) in [5.41, 5.74) is 2.25. The van der Waals surface area contributed by atoms with E-state index in [0.717, 1.165) is 11.4 Å². The van der Waals surface area contributed by atoms with Crippen LogP contribution in [-0.2, 0) is 9.53 Å². The molecule has 0 aromatic carbocycles. The highest BCUT2D eigenvalue weighted by atomic mass is 16.5. The summed E-state index contributed by atoms with van der Waals surface area (Å²) in [6.07, 6.45) is 0. The molecule has 0 unspecified atom stereocenters. The third-order valence-corrected chi connectivity index (χ3v) is 2.23. The number of nitrogens with one attached hydrogen (secondary N) is 2. The number of aliphatic carboxylic acids is 1. The van der Waals surface area contributed by atoms with E-state index in [1.807, 2.05) is 6.92 Å². The summed E-state index contributed by atoms with van der Waals surface area (Å²) in [6.45, 7) is 3.68. The summed E-state index contributed by atoms with van der Waals surface area (Å²) in [5, 5.41) is 13.5. The number of carbonyl (C=O) groups excluding carboxylic acids is 1. The Hall–Kier alpha value is -2.15. The second-order valence-electron chi connectivity index (χ2n) is 3.91. The summed E-state index contributed by atoms with van der Waals surface area (Å²) in [6, 6.07) is 3.20. The van der Waals surface area contributed by atoms with Gasteiger partial charge < -0.3 is 20.5 Å². The summed E-state index contributed by atoms with van der Waals surface area (Å²) in [4.78, 5) is 25.9. The van der Waals surface area contributed by atoms with E-state index in [1.54, 1.807) is 19.1 Å². The number of anilines is 1. The lowest BCUT2D eigenvalue weighted by Gasteiger charge is -2.09. The lowest BCUT2D eigenvalue weighted by Crippen LogP contribution is -2.32. The van der Waals surface area contributed by atoms with Crippen molar-refractivity contribution < 1.29 is 19.4 Å². The van der Waals surface area contributed by atoms with Crippen LogP contribution in [0.4, 0.5) is 10.5 Å². The molecule has 1 heterocycles. The normalized spacial score (nSPS) is 10.0. The molecule has 0 spiro atoms. The van der Waals surface area contributed by atoms with Gasteiger partial charge in [-0.05, 0) is 26.0 Å². The number of aromatic nitrogens is 1. The molecule has 0 aliphatic rings. The van der Waals surface area contributed by atoms with Crippen molar-refractivity contribution in [3.63, 3.8) is 0 Å². The third-order valence-electron chi connectivity index (χ3n) is 2.23. The molecular weight excluding hydrogens is 250 g/mol. The highest BCUT2D eigenvalue weighted by Crippen LogP contribution is 2.11. The minimum Gasteiger partial charge on any atom is -0.480 e. The van der Waals surface area contributed by atoms with Crippen LogP contribution in [0, 0.1) is 13.8 Å². The smallest absolute Gasteiger partial charge is 0.329 e. The van der Waals surface area contributed by atoms with E-state index in [0.29, 0.717) is 5.69 Å². The molecular formula is C12H17N3O4. The number of carboxylic acids is 1. The molecule has 1 aromatic heterocycles. The Kier molecular flexibility index (Phi) is 5.74. The average Bonchev–Trinajstić information content (AvgIpc) is 2.32. The molecule has 0 atom stereocenters. The second kappa shape index (κ2) is 7.32. The predicted molar refractivity (Wildman–Crippen MR) is 69.2 cm³/mol. The molecule has 19 heavy (non-hydrogen) atoms. The maximum Gasteiger partial charge on any atom is 0.329 e.